The van der Waals surface area contributed by atoms with Crippen LogP contribution in [-0.4, -0.2) is 36.6 Å². The van der Waals surface area contributed by atoms with E-state index in [0.29, 0.717) is 18.4 Å². The van der Waals surface area contributed by atoms with Gasteiger partial charge in [-0.25, -0.2) is 22.5 Å². The van der Waals surface area contributed by atoms with Crippen molar-refractivity contribution in [1.29, 1.82) is 0 Å². The zero-order valence-electron chi connectivity index (χ0n) is 18.6. The summed E-state index contributed by atoms with van der Waals surface area (Å²) in [5.74, 6) is -3.70. The Labute approximate surface area is 190 Å². The Bertz CT molecular complexity index is 1100. The highest BCUT2D eigenvalue weighted by atomic mass is 19.2. The topological polar surface area (TPSA) is 53.1 Å². The summed E-state index contributed by atoms with van der Waals surface area (Å²) >= 11 is 0. The highest BCUT2D eigenvalue weighted by Crippen LogP contribution is 2.28. The molecular weight excluding hydrogens is 434 g/mol. The number of anilines is 2. The molecule has 3 aromatic rings. The lowest BCUT2D eigenvalue weighted by molar-refractivity contribution is 0.321. The molecule has 4 rings (SSSR count). The van der Waals surface area contributed by atoms with E-state index in [2.05, 4.69) is 20.6 Å². The zero-order chi connectivity index (χ0) is 23.5. The summed E-state index contributed by atoms with van der Waals surface area (Å²) in [5.41, 5.74) is 0.276. The monoisotopic (exact) mass is 461 g/mol. The molecule has 0 unspecified atom stereocenters. The molecule has 1 saturated carbocycles. The first-order chi connectivity index (χ1) is 15.8. The fourth-order valence-corrected chi connectivity index (χ4v) is 4.34. The lowest BCUT2D eigenvalue weighted by atomic mass is 9.86. The summed E-state index contributed by atoms with van der Waals surface area (Å²) in [4.78, 5) is 11.3. The van der Waals surface area contributed by atoms with Gasteiger partial charge in [0.05, 0.1) is 5.52 Å². The van der Waals surface area contributed by atoms with Crippen LogP contribution in [0.4, 0.5) is 29.3 Å². The number of para-hydroxylation sites is 1. The molecule has 176 valence electrons. The summed E-state index contributed by atoms with van der Waals surface area (Å²) in [6.45, 7) is 0.254. The van der Waals surface area contributed by atoms with E-state index >= 15 is 0 Å². The van der Waals surface area contributed by atoms with Crippen molar-refractivity contribution in [3.63, 3.8) is 0 Å². The van der Waals surface area contributed by atoms with Crippen molar-refractivity contribution in [1.82, 2.24) is 15.3 Å². The van der Waals surface area contributed by atoms with Crippen molar-refractivity contribution in [2.75, 3.05) is 30.9 Å². The van der Waals surface area contributed by atoms with E-state index in [-0.39, 0.29) is 18.7 Å². The second kappa shape index (κ2) is 9.91. The molecule has 33 heavy (non-hydrogen) atoms. The van der Waals surface area contributed by atoms with E-state index in [9.17, 15) is 17.6 Å². The number of aromatic nitrogens is 2. The maximum Gasteiger partial charge on any atom is 0.225 e. The van der Waals surface area contributed by atoms with Crippen molar-refractivity contribution < 1.29 is 17.6 Å². The molecule has 2 aromatic carbocycles. The Hall–Kier alpha value is -2.94. The first-order valence-corrected chi connectivity index (χ1v) is 11.1. The second-order valence-electron chi connectivity index (χ2n) is 8.72. The Morgan fingerprint density at radius 3 is 2.27 bits per heavy atom. The minimum absolute atomic E-state index is 0.225. The lowest BCUT2D eigenvalue weighted by Crippen LogP contribution is -2.32. The van der Waals surface area contributed by atoms with Gasteiger partial charge in [-0.15, -0.1) is 0 Å². The van der Waals surface area contributed by atoms with Crippen LogP contribution in [0.25, 0.3) is 10.9 Å². The van der Waals surface area contributed by atoms with Crippen LogP contribution in [0.2, 0.25) is 0 Å². The first kappa shape index (κ1) is 23.2. The number of rotatable bonds is 7. The Balaban J connectivity index is 1.31. The summed E-state index contributed by atoms with van der Waals surface area (Å²) in [7, 11) is 3.90. The maximum atomic E-state index is 13.8. The normalized spacial score (nSPS) is 18.5. The van der Waals surface area contributed by atoms with Crippen LogP contribution in [0, 0.1) is 29.2 Å². The van der Waals surface area contributed by atoms with Crippen LogP contribution in [0.15, 0.2) is 30.3 Å². The molecule has 1 aliphatic rings. The number of fused-ring (bicyclic) bond motifs is 1. The molecule has 5 nitrogen and oxygen atoms in total. The van der Waals surface area contributed by atoms with Gasteiger partial charge in [0.25, 0.3) is 0 Å². The van der Waals surface area contributed by atoms with Crippen LogP contribution >= 0.6 is 0 Å². The van der Waals surface area contributed by atoms with E-state index in [1.165, 1.54) is 0 Å². The highest BCUT2D eigenvalue weighted by molar-refractivity contribution is 5.90. The molecule has 2 N–H and O–H groups in total. The predicted molar refractivity (Wildman–Crippen MR) is 121 cm³/mol. The van der Waals surface area contributed by atoms with Crippen LogP contribution in [-0.2, 0) is 6.54 Å². The average molecular weight is 462 g/mol. The third-order valence-corrected chi connectivity index (χ3v) is 6.12. The van der Waals surface area contributed by atoms with Crippen molar-refractivity contribution in [2.24, 2.45) is 5.92 Å². The van der Waals surface area contributed by atoms with Gasteiger partial charge in [0.2, 0.25) is 5.95 Å². The van der Waals surface area contributed by atoms with Gasteiger partial charge in [-0.3, -0.25) is 0 Å². The number of hydrogen-bond acceptors (Lipinski definition) is 5. The maximum absolute atomic E-state index is 13.8. The lowest BCUT2D eigenvalue weighted by Gasteiger charge is -2.29. The molecule has 1 heterocycles. The van der Waals surface area contributed by atoms with Crippen molar-refractivity contribution >= 4 is 22.7 Å². The van der Waals surface area contributed by atoms with Gasteiger partial charge in [-0.1, -0.05) is 12.1 Å². The summed E-state index contributed by atoms with van der Waals surface area (Å²) in [6, 6.07) is 8.34. The number of nitrogens with zero attached hydrogens (tertiary/aromatic N) is 3. The molecule has 0 atom stereocenters. The zero-order valence-corrected chi connectivity index (χ0v) is 18.6. The van der Waals surface area contributed by atoms with Gasteiger partial charge < -0.3 is 15.5 Å². The molecule has 0 amide bonds. The van der Waals surface area contributed by atoms with Crippen molar-refractivity contribution in [2.45, 2.75) is 38.3 Å². The van der Waals surface area contributed by atoms with Gasteiger partial charge in [0.1, 0.15) is 5.82 Å². The fraction of sp³-hybridized carbons (Fsp3) is 0.417. The minimum Gasteiger partial charge on any atom is -0.362 e. The SMILES string of the molecule is CN(C)c1nc(NC2CCC(CNCc3c(F)c(F)cc(F)c3F)CC2)nc2ccccc12. The Morgan fingerprint density at radius 2 is 1.61 bits per heavy atom. The minimum atomic E-state index is -1.38. The molecule has 0 bridgehead atoms. The molecule has 0 aliphatic heterocycles. The molecule has 1 fully saturated rings. The second-order valence-corrected chi connectivity index (χ2v) is 8.72. The third-order valence-electron chi connectivity index (χ3n) is 6.12. The van der Waals surface area contributed by atoms with Crippen LogP contribution in [0.5, 0.6) is 0 Å². The average Bonchev–Trinajstić information content (AvgIpc) is 2.80. The standard InChI is InChI=1S/C24H27F4N5/c1-33(2)23-16-5-3-4-6-20(16)31-24(32-23)30-15-9-7-14(8-10-15)12-29-13-17-21(27)18(25)11-19(26)22(17)28/h3-6,11,14-15,29H,7-10,12-13H2,1-2H3,(H,30,31,32). The van der Waals surface area contributed by atoms with Gasteiger partial charge in [0, 0.05) is 43.7 Å². The number of benzene rings is 2. The van der Waals surface area contributed by atoms with Crippen LogP contribution in [0.1, 0.15) is 31.2 Å². The van der Waals surface area contributed by atoms with Crippen LogP contribution in [0.3, 0.4) is 0 Å². The molecule has 0 radical (unpaired) electrons. The van der Waals surface area contributed by atoms with Crippen molar-refractivity contribution in [3.05, 3.63) is 59.2 Å². The van der Waals surface area contributed by atoms with Crippen LogP contribution < -0.4 is 15.5 Å². The molecular formula is C24H27F4N5. The van der Waals surface area contributed by atoms with E-state index in [1.54, 1.807) is 0 Å². The van der Waals surface area contributed by atoms with Gasteiger partial charge in [-0.2, -0.15) is 4.98 Å². The molecule has 1 aromatic heterocycles. The molecule has 0 spiro atoms. The van der Waals surface area contributed by atoms with Gasteiger partial charge in [-0.05, 0) is 50.3 Å². The summed E-state index contributed by atoms with van der Waals surface area (Å²) in [6.07, 6.45) is 3.61. The van der Waals surface area contributed by atoms with E-state index < -0.39 is 28.8 Å². The predicted octanol–water partition coefficient (Wildman–Crippen LogP) is 5.01. The molecule has 9 heteroatoms. The number of hydrogen-bond donors (Lipinski definition) is 2. The third kappa shape index (κ3) is 5.19. The smallest absolute Gasteiger partial charge is 0.225 e. The number of halogens is 4. The largest absolute Gasteiger partial charge is 0.362 e. The Kier molecular flexibility index (Phi) is 6.97. The van der Waals surface area contributed by atoms with Gasteiger partial charge >= 0.3 is 0 Å². The highest BCUT2D eigenvalue weighted by Gasteiger charge is 2.23. The molecule has 1 aliphatic carbocycles. The fourth-order valence-electron chi connectivity index (χ4n) is 4.34. The molecule has 0 saturated heterocycles. The van der Waals surface area contributed by atoms with Gasteiger partial charge in [0.15, 0.2) is 23.3 Å². The summed E-state index contributed by atoms with van der Waals surface area (Å²) in [5, 5.41) is 7.39. The van der Waals surface area contributed by atoms with E-state index in [1.807, 2.05) is 43.3 Å². The Morgan fingerprint density at radius 1 is 0.939 bits per heavy atom. The first-order valence-electron chi connectivity index (χ1n) is 11.1. The number of nitrogens with one attached hydrogen (secondary N) is 2. The van der Waals surface area contributed by atoms with Crippen molar-refractivity contribution in [3.8, 4) is 0 Å². The van der Waals surface area contributed by atoms with E-state index in [0.717, 1.165) is 42.4 Å². The summed E-state index contributed by atoms with van der Waals surface area (Å²) < 4.78 is 54.3. The van der Waals surface area contributed by atoms with E-state index in [4.69, 9.17) is 0 Å². The quantitative estimate of drug-likeness (QED) is 0.383.